The Kier molecular flexibility index (Phi) is 5.68. The molecule has 2 rings (SSSR count). The summed E-state index contributed by atoms with van der Waals surface area (Å²) in [6.45, 7) is 0. The Hall–Kier alpha value is -1.03. The van der Waals surface area contributed by atoms with E-state index in [1.165, 1.54) is 6.42 Å². The summed E-state index contributed by atoms with van der Waals surface area (Å²) < 4.78 is 27.5. The smallest absolute Gasteiger partial charge is 0.212 e. The maximum Gasteiger partial charge on any atom is 0.216 e. The third-order valence-corrected chi connectivity index (χ3v) is 6.29. The first-order valence-electron chi connectivity index (χ1n) is 7.06. The maximum absolute atomic E-state index is 12.3. The number of hydrogen-bond acceptors (Lipinski definition) is 4. The van der Waals surface area contributed by atoms with Gasteiger partial charge in [-0.25, -0.2) is 13.1 Å². The highest BCUT2D eigenvalue weighted by atomic mass is 32.2. The van der Waals surface area contributed by atoms with E-state index in [-0.39, 0.29) is 11.8 Å². The molecule has 0 unspecified atom stereocenters. The lowest BCUT2D eigenvalue weighted by Crippen LogP contribution is -2.44. The van der Waals surface area contributed by atoms with E-state index in [0.29, 0.717) is 16.4 Å². The molecule has 0 aliphatic heterocycles. The molecule has 1 aromatic carbocycles. The average Bonchev–Trinajstić information content (AvgIpc) is 2.47. The highest BCUT2D eigenvalue weighted by Crippen LogP contribution is 2.27. The minimum Gasteiger partial charge on any atom is -0.212 e. The van der Waals surface area contributed by atoms with Crippen LogP contribution in [0.4, 0.5) is 0 Å². The number of nitrogens with one attached hydrogen (secondary N) is 1. The molecule has 0 bridgehead atoms. The van der Waals surface area contributed by atoms with Gasteiger partial charge in [0.2, 0.25) is 10.0 Å². The molecule has 1 N–H and O–H groups in total. The van der Waals surface area contributed by atoms with Crippen LogP contribution in [0.25, 0.3) is 0 Å². The Morgan fingerprint density at radius 1 is 1.38 bits per heavy atom. The first-order valence-corrected chi connectivity index (χ1v) is 10.00. The summed E-state index contributed by atoms with van der Waals surface area (Å²) in [5, 5.41) is 9.23. The molecular formula is C15H20N2O2S2. The molecule has 1 saturated carbocycles. The second-order valence-corrected chi connectivity index (χ2v) is 8.18. The Bertz CT molecular complexity index is 623. The van der Waals surface area contributed by atoms with Crippen molar-refractivity contribution in [3.05, 3.63) is 35.4 Å². The van der Waals surface area contributed by atoms with E-state index in [1.807, 2.05) is 12.3 Å². The van der Waals surface area contributed by atoms with Crippen LogP contribution in [0.2, 0.25) is 0 Å². The van der Waals surface area contributed by atoms with Crippen LogP contribution < -0.4 is 4.72 Å². The molecule has 1 fully saturated rings. The number of rotatable bonds is 5. The van der Waals surface area contributed by atoms with Gasteiger partial charge in [-0.2, -0.15) is 17.0 Å². The first-order chi connectivity index (χ1) is 10.0. The number of nitrogens with zero attached hydrogens (tertiary/aromatic N) is 1. The van der Waals surface area contributed by atoms with Crippen molar-refractivity contribution in [3.8, 4) is 6.07 Å². The predicted octanol–water partition coefficient (Wildman–Crippen LogP) is 2.65. The van der Waals surface area contributed by atoms with Crippen molar-refractivity contribution in [1.29, 1.82) is 5.26 Å². The molecule has 2 atom stereocenters. The van der Waals surface area contributed by atoms with E-state index in [0.717, 1.165) is 19.3 Å². The number of thioether (sulfide) groups is 1. The Morgan fingerprint density at radius 3 is 2.86 bits per heavy atom. The quantitative estimate of drug-likeness (QED) is 0.904. The van der Waals surface area contributed by atoms with Gasteiger partial charge in [-0.05, 0) is 36.8 Å². The van der Waals surface area contributed by atoms with Crippen molar-refractivity contribution >= 4 is 21.8 Å². The summed E-state index contributed by atoms with van der Waals surface area (Å²) in [6.07, 6.45) is 6.26. The van der Waals surface area contributed by atoms with Crippen molar-refractivity contribution in [2.75, 3.05) is 6.26 Å². The van der Waals surface area contributed by atoms with E-state index in [1.54, 1.807) is 36.0 Å². The SMILES string of the molecule is CS[C@H]1CCCC[C@@H]1NS(=O)(=O)Cc1cccc(C#N)c1. The van der Waals surface area contributed by atoms with E-state index in [9.17, 15) is 8.42 Å². The molecule has 1 aliphatic carbocycles. The third-order valence-electron chi connectivity index (χ3n) is 3.75. The van der Waals surface area contributed by atoms with Crippen LogP contribution >= 0.6 is 11.8 Å². The van der Waals surface area contributed by atoms with Crippen molar-refractivity contribution < 1.29 is 8.42 Å². The van der Waals surface area contributed by atoms with Crippen LogP contribution in [0, 0.1) is 11.3 Å². The monoisotopic (exact) mass is 324 g/mol. The zero-order chi connectivity index (χ0) is 15.3. The zero-order valence-corrected chi connectivity index (χ0v) is 13.7. The molecule has 0 radical (unpaired) electrons. The van der Waals surface area contributed by atoms with E-state index < -0.39 is 10.0 Å². The number of benzene rings is 1. The first kappa shape index (κ1) is 16.3. The largest absolute Gasteiger partial charge is 0.216 e. The Balaban J connectivity index is 2.06. The highest BCUT2D eigenvalue weighted by Gasteiger charge is 2.28. The minimum absolute atomic E-state index is 0.0258. The van der Waals surface area contributed by atoms with Gasteiger partial charge in [0.25, 0.3) is 0 Å². The van der Waals surface area contributed by atoms with E-state index in [4.69, 9.17) is 5.26 Å². The van der Waals surface area contributed by atoms with Gasteiger partial charge in [0.1, 0.15) is 0 Å². The minimum atomic E-state index is -3.37. The fourth-order valence-corrected chi connectivity index (χ4v) is 5.20. The molecule has 114 valence electrons. The molecule has 0 amide bonds. The second-order valence-electron chi connectivity index (χ2n) is 5.35. The molecule has 1 aromatic rings. The number of hydrogen-bond donors (Lipinski definition) is 1. The summed E-state index contributed by atoms with van der Waals surface area (Å²) in [6, 6.07) is 8.82. The van der Waals surface area contributed by atoms with Crippen molar-refractivity contribution in [2.45, 2.75) is 42.7 Å². The van der Waals surface area contributed by atoms with E-state index in [2.05, 4.69) is 4.72 Å². The second kappa shape index (κ2) is 7.30. The zero-order valence-electron chi connectivity index (χ0n) is 12.1. The van der Waals surface area contributed by atoms with Gasteiger partial charge in [-0.1, -0.05) is 25.0 Å². The predicted molar refractivity (Wildman–Crippen MR) is 86.5 cm³/mol. The normalized spacial score (nSPS) is 22.7. The highest BCUT2D eigenvalue weighted by molar-refractivity contribution is 7.99. The van der Waals surface area contributed by atoms with Crippen molar-refractivity contribution in [3.63, 3.8) is 0 Å². The molecule has 4 nitrogen and oxygen atoms in total. The summed E-state index contributed by atoms with van der Waals surface area (Å²) in [7, 11) is -3.37. The molecule has 0 spiro atoms. The van der Waals surface area contributed by atoms with Crippen molar-refractivity contribution in [2.24, 2.45) is 0 Å². The average molecular weight is 324 g/mol. The van der Waals surface area contributed by atoms with Crippen LogP contribution in [0.1, 0.15) is 36.8 Å². The summed E-state index contributed by atoms with van der Waals surface area (Å²) in [5.74, 6) is -0.0693. The van der Waals surface area contributed by atoms with Gasteiger partial charge >= 0.3 is 0 Å². The fourth-order valence-electron chi connectivity index (χ4n) is 2.74. The summed E-state index contributed by atoms with van der Waals surface area (Å²) >= 11 is 1.74. The summed E-state index contributed by atoms with van der Waals surface area (Å²) in [4.78, 5) is 0. The van der Waals surface area contributed by atoms with Gasteiger partial charge in [-0.3, -0.25) is 0 Å². The van der Waals surface area contributed by atoms with E-state index >= 15 is 0 Å². The van der Waals surface area contributed by atoms with Crippen LogP contribution in [-0.2, 0) is 15.8 Å². The van der Waals surface area contributed by atoms with Gasteiger partial charge < -0.3 is 0 Å². The molecule has 1 aliphatic rings. The Labute approximate surface area is 131 Å². The maximum atomic E-state index is 12.3. The number of nitriles is 1. The molecule has 21 heavy (non-hydrogen) atoms. The number of sulfonamides is 1. The lowest BCUT2D eigenvalue weighted by atomic mass is 9.96. The van der Waals surface area contributed by atoms with Gasteiger partial charge in [0, 0.05) is 11.3 Å². The topological polar surface area (TPSA) is 70.0 Å². The van der Waals surface area contributed by atoms with Crippen LogP contribution in [0.15, 0.2) is 24.3 Å². The van der Waals surface area contributed by atoms with Crippen molar-refractivity contribution in [1.82, 2.24) is 4.72 Å². The third kappa shape index (κ3) is 4.73. The standard InChI is InChI=1S/C15H20N2O2S2/c1-20-15-8-3-2-7-14(15)17-21(18,19)11-13-6-4-5-12(9-13)10-16/h4-6,9,14-15,17H,2-3,7-8,11H2,1H3/t14-,15-/m0/s1. The lowest BCUT2D eigenvalue weighted by Gasteiger charge is -2.30. The van der Waals surface area contributed by atoms with Crippen LogP contribution in [0.3, 0.4) is 0 Å². The van der Waals surface area contributed by atoms with Crippen LogP contribution in [0.5, 0.6) is 0 Å². The van der Waals surface area contributed by atoms with Gasteiger partial charge in [0.15, 0.2) is 0 Å². The van der Waals surface area contributed by atoms with Gasteiger partial charge in [-0.15, -0.1) is 0 Å². The summed E-state index contributed by atoms with van der Waals surface area (Å²) in [5.41, 5.74) is 1.14. The molecular weight excluding hydrogens is 304 g/mol. The Morgan fingerprint density at radius 2 is 2.14 bits per heavy atom. The molecule has 0 aromatic heterocycles. The van der Waals surface area contributed by atoms with Gasteiger partial charge in [0.05, 0.1) is 17.4 Å². The molecule has 0 saturated heterocycles. The lowest BCUT2D eigenvalue weighted by molar-refractivity contribution is 0.423. The molecule has 0 heterocycles. The fraction of sp³-hybridized carbons (Fsp3) is 0.533. The van der Waals surface area contributed by atoms with Crippen LogP contribution in [-0.4, -0.2) is 26.0 Å². The molecule has 6 heteroatoms.